The van der Waals surface area contributed by atoms with Gasteiger partial charge < -0.3 is 8.98 Å². The number of furan rings is 1. The number of aromatic nitrogens is 1. The Morgan fingerprint density at radius 2 is 2.05 bits per heavy atom. The minimum atomic E-state index is 0.526. The van der Waals surface area contributed by atoms with E-state index in [1.54, 1.807) is 17.6 Å². The Hall–Kier alpha value is -1.78. The van der Waals surface area contributed by atoms with Crippen molar-refractivity contribution in [3.8, 4) is 11.5 Å². The van der Waals surface area contributed by atoms with Crippen molar-refractivity contribution in [1.82, 2.24) is 4.57 Å². The van der Waals surface area contributed by atoms with E-state index in [4.69, 9.17) is 21.0 Å². The number of hydrogen-bond donors (Lipinski definition) is 0. The number of hydrogen-bond acceptors (Lipinski definition) is 3. The third-order valence-corrected chi connectivity index (χ3v) is 4.66. The quantitative estimate of drug-likeness (QED) is 0.666. The van der Waals surface area contributed by atoms with Gasteiger partial charge in [0.15, 0.2) is 10.6 Å². The number of nitrogens with zero attached hydrogens (tertiary/aromatic N) is 2. The smallest absolute Gasteiger partial charge is 0.190 e. The van der Waals surface area contributed by atoms with Gasteiger partial charge in [-0.05, 0) is 37.1 Å². The largest absolute Gasteiger partial charge is 0.463 e. The molecule has 4 rings (SSSR count). The van der Waals surface area contributed by atoms with Gasteiger partial charge in [0.1, 0.15) is 0 Å². The highest BCUT2D eigenvalue weighted by Crippen LogP contribution is 2.38. The van der Waals surface area contributed by atoms with Crippen LogP contribution < -0.4 is 4.80 Å². The zero-order chi connectivity index (χ0) is 14.2. The third-order valence-electron chi connectivity index (χ3n) is 3.50. The van der Waals surface area contributed by atoms with Crippen LogP contribution >= 0.6 is 22.9 Å². The Labute approximate surface area is 131 Å². The molecule has 0 aliphatic heterocycles. The average molecular weight is 317 g/mol. The summed E-state index contributed by atoms with van der Waals surface area (Å²) in [6, 6.07) is 12.1. The maximum Gasteiger partial charge on any atom is 0.190 e. The second-order valence-corrected chi connectivity index (χ2v) is 6.29. The van der Waals surface area contributed by atoms with E-state index in [1.165, 1.54) is 12.8 Å². The Kier molecular flexibility index (Phi) is 3.20. The molecule has 1 saturated carbocycles. The van der Waals surface area contributed by atoms with Crippen molar-refractivity contribution >= 4 is 28.6 Å². The minimum Gasteiger partial charge on any atom is -0.463 e. The number of halogens is 1. The van der Waals surface area contributed by atoms with Crippen LogP contribution in [0.1, 0.15) is 18.9 Å². The van der Waals surface area contributed by atoms with Gasteiger partial charge in [0.25, 0.3) is 0 Å². The molecule has 5 heteroatoms. The summed E-state index contributed by atoms with van der Waals surface area (Å²) in [4.78, 5) is 5.71. The number of benzene rings is 1. The molecule has 21 heavy (non-hydrogen) atoms. The number of rotatable bonds is 3. The summed E-state index contributed by atoms with van der Waals surface area (Å²) >= 11 is 7.84. The van der Waals surface area contributed by atoms with Crippen LogP contribution in [-0.4, -0.2) is 4.57 Å². The first-order valence-electron chi connectivity index (χ1n) is 6.86. The summed E-state index contributed by atoms with van der Waals surface area (Å²) in [5.41, 5.74) is 1.90. The molecule has 1 aromatic carbocycles. The molecule has 0 spiro atoms. The summed E-state index contributed by atoms with van der Waals surface area (Å²) in [5.74, 6) is 0.888. The van der Waals surface area contributed by atoms with E-state index in [0.717, 1.165) is 21.9 Å². The van der Waals surface area contributed by atoms with E-state index in [2.05, 4.69) is 9.95 Å². The van der Waals surface area contributed by atoms with E-state index in [-0.39, 0.29) is 0 Å². The van der Waals surface area contributed by atoms with E-state index in [0.29, 0.717) is 11.1 Å². The molecule has 0 saturated heterocycles. The maximum atomic E-state index is 6.21. The summed E-state index contributed by atoms with van der Waals surface area (Å²) in [5, 5.41) is 2.78. The summed E-state index contributed by atoms with van der Waals surface area (Å²) in [6.07, 6.45) is 4.09. The van der Waals surface area contributed by atoms with Crippen LogP contribution in [0.5, 0.6) is 0 Å². The Morgan fingerprint density at radius 1 is 1.19 bits per heavy atom. The molecule has 1 aliphatic carbocycles. The fourth-order valence-electron chi connectivity index (χ4n) is 2.34. The molecule has 3 aromatic rings. The molecule has 0 radical (unpaired) electrons. The van der Waals surface area contributed by atoms with Gasteiger partial charge in [-0.3, -0.25) is 0 Å². The Morgan fingerprint density at radius 3 is 2.76 bits per heavy atom. The van der Waals surface area contributed by atoms with E-state index < -0.39 is 0 Å². The van der Waals surface area contributed by atoms with Gasteiger partial charge in [-0.1, -0.05) is 23.7 Å². The lowest BCUT2D eigenvalue weighted by Gasteiger charge is -2.05. The van der Waals surface area contributed by atoms with Gasteiger partial charge in [0.2, 0.25) is 0 Å². The van der Waals surface area contributed by atoms with Crippen LogP contribution in [-0.2, 0) is 0 Å². The zero-order valence-electron chi connectivity index (χ0n) is 11.2. The first-order valence-corrected chi connectivity index (χ1v) is 8.12. The SMILES string of the molecule is Clc1ccccc1N=c1scc(-c2ccco2)n1C1CC1. The molecule has 2 heterocycles. The highest BCUT2D eigenvalue weighted by molar-refractivity contribution is 7.07. The fourth-order valence-corrected chi connectivity index (χ4v) is 3.47. The molecule has 1 fully saturated rings. The fraction of sp³-hybridized carbons (Fsp3) is 0.188. The van der Waals surface area contributed by atoms with Crippen LogP contribution in [0.2, 0.25) is 5.02 Å². The number of thiazole rings is 1. The molecule has 2 aromatic heterocycles. The predicted octanol–water partition coefficient (Wildman–Crippen LogP) is 5.03. The van der Waals surface area contributed by atoms with Gasteiger partial charge in [-0.25, -0.2) is 4.99 Å². The second-order valence-electron chi connectivity index (χ2n) is 5.05. The van der Waals surface area contributed by atoms with E-state index in [9.17, 15) is 0 Å². The molecule has 0 amide bonds. The van der Waals surface area contributed by atoms with E-state index in [1.807, 2.05) is 36.4 Å². The summed E-state index contributed by atoms with van der Waals surface area (Å²) in [6.45, 7) is 0. The topological polar surface area (TPSA) is 30.4 Å². The van der Waals surface area contributed by atoms with Crippen LogP contribution in [0.4, 0.5) is 5.69 Å². The molecule has 106 valence electrons. The van der Waals surface area contributed by atoms with Crippen LogP contribution in [0.15, 0.2) is 57.5 Å². The predicted molar refractivity (Wildman–Crippen MR) is 85.0 cm³/mol. The molecule has 0 unspecified atom stereocenters. The van der Waals surface area contributed by atoms with Crippen molar-refractivity contribution in [3.05, 3.63) is 57.9 Å². The van der Waals surface area contributed by atoms with Crippen molar-refractivity contribution in [3.63, 3.8) is 0 Å². The minimum absolute atomic E-state index is 0.526. The van der Waals surface area contributed by atoms with Gasteiger partial charge in [-0.2, -0.15) is 0 Å². The summed E-state index contributed by atoms with van der Waals surface area (Å²) < 4.78 is 7.81. The molecule has 3 nitrogen and oxygen atoms in total. The highest BCUT2D eigenvalue weighted by Gasteiger charge is 2.28. The van der Waals surface area contributed by atoms with E-state index >= 15 is 0 Å². The maximum absolute atomic E-state index is 6.21. The first-order chi connectivity index (χ1) is 10.3. The van der Waals surface area contributed by atoms with Gasteiger partial charge >= 0.3 is 0 Å². The second kappa shape index (κ2) is 5.20. The molecule has 1 aliphatic rings. The van der Waals surface area contributed by atoms with Crippen LogP contribution in [0.25, 0.3) is 11.5 Å². The van der Waals surface area contributed by atoms with Gasteiger partial charge in [-0.15, -0.1) is 11.3 Å². The average Bonchev–Trinajstić information content (AvgIpc) is 3.02. The highest BCUT2D eigenvalue weighted by atomic mass is 35.5. The third kappa shape index (κ3) is 2.45. The first kappa shape index (κ1) is 12.9. The molecular weight excluding hydrogens is 304 g/mol. The standard InChI is InChI=1S/C16H13ClN2OS/c17-12-4-1-2-5-13(12)18-16-19(11-7-8-11)14(10-21-16)15-6-3-9-20-15/h1-6,9-11H,7-8H2. The Bertz CT molecular complexity index is 828. The molecule has 0 bridgehead atoms. The molecule has 0 atom stereocenters. The van der Waals surface area contributed by atoms with Gasteiger partial charge in [0.05, 0.1) is 22.7 Å². The van der Waals surface area contributed by atoms with Crippen molar-refractivity contribution in [2.24, 2.45) is 4.99 Å². The molecule has 0 N–H and O–H groups in total. The van der Waals surface area contributed by atoms with Gasteiger partial charge in [0, 0.05) is 11.4 Å². The van der Waals surface area contributed by atoms with Crippen LogP contribution in [0, 0.1) is 0 Å². The summed E-state index contributed by atoms with van der Waals surface area (Å²) in [7, 11) is 0. The zero-order valence-corrected chi connectivity index (χ0v) is 12.8. The van der Waals surface area contributed by atoms with Crippen molar-refractivity contribution in [2.75, 3.05) is 0 Å². The van der Waals surface area contributed by atoms with Crippen molar-refractivity contribution in [2.45, 2.75) is 18.9 Å². The van der Waals surface area contributed by atoms with Crippen molar-refractivity contribution < 1.29 is 4.42 Å². The van der Waals surface area contributed by atoms with Crippen LogP contribution in [0.3, 0.4) is 0 Å². The lowest BCUT2D eigenvalue weighted by Crippen LogP contribution is -2.14. The molecular formula is C16H13ClN2OS. The monoisotopic (exact) mass is 316 g/mol. The van der Waals surface area contributed by atoms with Crippen molar-refractivity contribution in [1.29, 1.82) is 0 Å². The normalized spacial score (nSPS) is 15.6. The lowest BCUT2D eigenvalue weighted by atomic mass is 10.3. The number of para-hydroxylation sites is 1. The lowest BCUT2D eigenvalue weighted by molar-refractivity contribution is 0.570. The Balaban J connectivity index is 1.89.